The number of anilines is 2. The second kappa shape index (κ2) is 12.2. The van der Waals surface area contributed by atoms with Crippen LogP contribution in [0.1, 0.15) is 19.3 Å². The van der Waals surface area contributed by atoms with E-state index in [0.717, 1.165) is 11.3 Å². The SMILES string of the molecule is CNC(=O)COc1cccc(NC(=O)c2ccc(C(=O)Nc3cccc(OCC(=O)NC)c3)s2)c1. The molecule has 0 spiro atoms. The fourth-order valence-electron chi connectivity index (χ4n) is 2.74. The van der Waals surface area contributed by atoms with Gasteiger partial charge in [-0.25, -0.2) is 0 Å². The minimum absolute atomic E-state index is 0.138. The van der Waals surface area contributed by atoms with E-state index in [1.54, 1.807) is 60.7 Å². The lowest BCUT2D eigenvalue weighted by Gasteiger charge is -2.08. The first kappa shape index (κ1) is 25.2. The van der Waals surface area contributed by atoms with Crippen molar-refractivity contribution in [2.45, 2.75) is 0 Å². The van der Waals surface area contributed by atoms with Crippen LogP contribution in [0.5, 0.6) is 11.5 Å². The van der Waals surface area contributed by atoms with Crippen molar-refractivity contribution in [3.63, 3.8) is 0 Å². The maximum Gasteiger partial charge on any atom is 0.265 e. The predicted molar refractivity (Wildman–Crippen MR) is 132 cm³/mol. The Morgan fingerprint density at radius 2 is 1.11 bits per heavy atom. The van der Waals surface area contributed by atoms with E-state index >= 15 is 0 Å². The first-order valence-corrected chi connectivity index (χ1v) is 11.3. The second-order valence-corrected chi connectivity index (χ2v) is 8.14. The number of amides is 4. The van der Waals surface area contributed by atoms with Gasteiger partial charge in [0.15, 0.2) is 13.2 Å². The Morgan fingerprint density at radius 3 is 1.51 bits per heavy atom. The molecule has 0 unspecified atom stereocenters. The Kier molecular flexibility index (Phi) is 8.79. The minimum atomic E-state index is -0.387. The molecule has 2 aromatic carbocycles. The lowest BCUT2D eigenvalue weighted by atomic mass is 10.3. The average molecular weight is 497 g/mol. The zero-order valence-electron chi connectivity index (χ0n) is 19.0. The van der Waals surface area contributed by atoms with E-state index in [9.17, 15) is 19.2 Å². The molecule has 0 fully saturated rings. The molecule has 3 rings (SSSR count). The van der Waals surface area contributed by atoms with Crippen LogP contribution >= 0.6 is 11.3 Å². The molecule has 11 heteroatoms. The number of rotatable bonds is 10. The molecule has 0 aliphatic rings. The van der Waals surface area contributed by atoms with Crippen molar-refractivity contribution in [2.24, 2.45) is 0 Å². The Morgan fingerprint density at radius 1 is 0.686 bits per heavy atom. The number of carbonyl (C=O) groups is 4. The second-order valence-electron chi connectivity index (χ2n) is 7.05. The van der Waals surface area contributed by atoms with Crippen LogP contribution in [0.4, 0.5) is 11.4 Å². The number of hydrogen-bond donors (Lipinski definition) is 4. The maximum absolute atomic E-state index is 12.6. The third-order valence-electron chi connectivity index (χ3n) is 4.53. The number of likely N-dealkylation sites (N-methyl/N-ethyl adjacent to an activating group) is 2. The van der Waals surface area contributed by atoms with Crippen molar-refractivity contribution >= 4 is 46.3 Å². The average Bonchev–Trinajstić information content (AvgIpc) is 3.37. The van der Waals surface area contributed by atoms with Gasteiger partial charge in [-0.1, -0.05) is 12.1 Å². The summed E-state index contributed by atoms with van der Waals surface area (Å²) in [4.78, 5) is 48.6. The molecule has 35 heavy (non-hydrogen) atoms. The van der Waals surface area contributed by atoms with Gasteiger partial charge in [0.1, 0.15) is 11.5 Å². The van der Waals surface area contributed by atoms with Crippen molar-refractivity contribution in [2.75, 3.05) is 37.9 Å². The highest BCUT2D eigenvalue weighted by atomic mass is 32.1. The molecule has 0 saturated carbocycles. The summed E-state index contributed by atoms with van der Waals surface area (Å²) in [5.74, 6) is -0.457. The number of carbonyl (C=O) groups excluding carboxylic acids is 4. The monoisotopic (exact) mass is 496 g/mol. The zero-order chi connectivity index (χ0) is 25.2. The molecule has 0 aliphatic heterocycles. The normalized spacial score (nSPS) is 10.1. The first-order chi connectivity index (χ1) is 16.9. The quantitative estimate of drug-likeness (QED) is 0.341. The minimum Gasteiger partial charge on any atom is -0.484 e. The molecule has 3 aromatic rings. The van der Waals surface area contributed by atoms with E-state index in [-0.39, 0.29) is 36.8 Å². The number of hydrogen-bond acceptors (Lipinski definition) is 7. The van der Waals surface area contributed by atoms with Crippen LogP contribution < -0.4 is 30.7 Å². The van der Waals surface area contributed by atoms with Gasteiger partial charge in [0.2, 0.25) is 0 Å². The van der Waals surface area contributed by atoms with Gasteiger partial charge in [-0.05, 0) is 36.4 Å². The lowest BCUT2D eigenvalue weighted by molar-refractivity contribution is -0.123. The van der Waals surface area contributed by atoms with Crippen molar-refractivity contribution in [1.29, 1.82) is 0 Å². The highest BCUT2D eigenvalue weighted by molar-refractivity contribution is 7.16. The third kappa shape index (κ3) is 7.57. The summed E-state index contributed by atoms with van der Waals surface area (Å²) >= 11 is 1.04. The highest BCUT2D eigenvalue weighted by Crippen LogP contribution is 2.23. The van der Waals surface area contributed by atoms with Crippen LogP contribution in [0.3, 0.4) is 0 Å². The molecular formula is C24H24N4O6S. The molecule has 0 atom stereocenters. The van der Waals surface area contributed by atoms with Crippen molar-refractivity contribution in [1.82, 2.24) is 10.6 Å². The van der Waals surface area contributed by atoms with Crippen LogP contribution in [-0.4, -0.2) is 50.9 Å². The fraction of sp³-hybridized carbons (Fsp3) is 0.167. The molecule has 182 valence electrons. The Hall–Kier alpha value is -4.38. The van der Waals surface area contributed by atoms with E-state index in [4.69, 9.17) is 9.47 Å². The van der Waals surface area contributed by atoms with Gasteiger partial charge in [0, 0.05) is 37.6 Å². The van der Waals surface area contributed by atoms with Gasteiger partial charge in [0.25, 0.3) is 23.6 Å². The largest absolute Gasteiger partial charge is 0.484 e. The fourth-order valence-corrected chi connectivity index (χ4v) is 3.53. The molecule has 1 heterocycles. The molecule has 0 bridgehead atoms. The molecule has 1 aromatic heterocycles. The third-order valence-corrected chi connectivity index (χ3v) is 5.62. The Balaban J connectivity index is 1.59. The molecule has 0 saturated heterocycles. The lowest BCUT2D eigenvalue weighted by Crippen LogP contribution is -2.24. The van der Waals surface area contributed by atoms with E-state index < -0.39 is 0 Å². The molecule has 4 amide bonds. The van der Waals surface area contributed by atoms with Crippen molar-refractivity contribution in [3.05, 3.63) is 70.4 Å². The van der Waals surface area contributed by atoms with E-state index in [1.807, 2.05) is 0 Å². The summed E-state index contributed by atoms with van der Waals surface area (Å²) in [5.41, 5.74) is 0.967. The van der Waals surface area contributed by atoms with Crippen LogP contribution in [0.2, 0.25) is 0 Å². The van der Waals surface area contributed by atoms with Crippen LogP contribution in [0.15, 0.2) is 60.7 Å². The summed E-state index contributed by atoms with van der Waals surface area (Å²) in [7, 11) is 3.03. The summed E-state index contributed by atoms with van der Waals surface area (Å²) < 4.78 is 10.8. The van der Waals surface area contributed by atoms with Crippen LogP contribution in [0, 0.1) is 0 Å². The molecule has 0 radical (unpaired) electrons. The van der Waals surface area contributed by atoms with Crippen molar-refractivity contribution in [3.8, 4) is 11.5 Å². The Bertz CT molecular complexity index is 1130. The topological polar surface area (TPSA) is 135 Å². The maximum atomic E-state index is 12.6. The van der Waals surface area contributed by atoms with E-state index in [0.29, 0.717) is 32.6 Å². The summed E-state index contributed by atoms with van der Waals surface area (Å²) in [6.07, 6.45) is 0. The van der Waals surface area contributed by atoms with Gasteiger partial charge < -0.3 is 30.7 Å². The summed E-state index contributed by atoms with van der Waals surface area (Å²) in [6, 6.07) is 16.4. The Labute approximate surface area is 205 Å². The van der Waals surface area contributed by atoms with Crippen LogP contribution in [-0.2, 0) is 9.59 Å². The summed E-state index contributed by atoms with van der Waals surface area (Å²) in [5, 5.41) is 10.4. The van der Waals surface area contributed by atoms with Gasteiger partial charge in [-0.3, -0.25) is 19.2 Å². The first-order valence-electron chi connectivity index (χ1n) is 10.5. The molecule has 4 N–H and O–H groups in total. The summed E-state index contributed by atoms with van der Waals surface area (Å²) in [6.45, 7) is -0.277. The van der Waals surface area contributed by atoms with E-state index in [1.165, 1.54) is 14.1 Å². The van der Waals surface area contributed by atoms with Crippen molar-refractivity contribution < 1.29 is 28.7 Å². The van der Waals surface area contributed by atoms with Gasteiger partial charge in [-0.2, -0.15) is 0 Å². The number of thiophene rings is 1. The predicted octanol–water partition coefficient (Wildman–Crippen LogP) is 2.50. The number of benzene rings is 2. The van der Waals surface area contributed by atoms with Gasteiger partial charge >= 0.3 is 0 Å². The molecule has 10 nitrogen and oxygen atoms in total. The zero-order valence-corrected chi connectivity index (χ0v) is 19.9. The van der Waals surface area contributed by atoms with E-state index in [2.05, 4.69) is 21.3 Å². The standard InChI is InChI=1S/C24H24N4O6S/c1-25-21(29)13-33-17-7-3-5-15(11-17)27-23(31)19-9-10-20(35-19)24(32)28-16-6-4-8-18(12-16)34-14-22(30)26-2/h3-12H,13-14H2,1-2H3,(H,25,29)(H,26,30)(H,27,31)(H,28,32). The number of nitrogens with one attached hydrogen (secondary N) is 4. The highest BCUT2D eigenvalue weighted by Gasteiger charge is 2.15. The van der Waals surface area contributed by atoms with Gasteiger partial charge in [0.05, 0.1) is 9.75 Å². The number of ether oxygens (including phenoxy) is 2. The molecular weight excluding hydrogens is 472 g/mol. The van der Waals surface area contributed by atoms with Gasteiger partial charge in [-0.15, -0.1) is 11.3 Å². The smallest absolute Gasteiger partial charge is 0.265 e. The molecule has 0 aliphatic carbocycles. The van der Waals surface area contributed by atoms with Crippen LogP contribution in [0.25, 0.3) is 0 Å².